The molecule has 94 valence electrons. The molecule has 1 saturated heterocycles. The van der Waals surface area contributed by atoms with Crippen LogP contribution >= 0.6 is 0 Å². The molecule has 0 aromatic heterocycles. The van der Waals surface area contributed by atoms with Gasteiger partial charge in [-0.15, -0.1) is 0 Å². The second-order valence-electron chi connectivity index (χ2n) is 4.71. The molecule has 0 bridgehead atoms. The lowest BCUT2D eigenvalue weighted by Gasteiger charge is -2.29. The Bertz CT molecular complexity index is 337. The molecule has 1 aliphatic heterocycles. The molecule has 0 unspecified atom stereocenters. The van der Waals surface area contributed by atoms with E-state index in [0.29, 0.717) is 12.3 Å². The van der Waals surface area contributed by atoms with E-state index in [1.807, 2.05) is 13.8 Å². The molecule has 1 heterocycles. The van der Waals surface area contributed by atoms with Crippen LogP contribution in [-0.2, 0) is 14.6 Å². The third-order valence-corrected chi connectivity index (χ3v) is 4.31. The Kier molecular flexibility index (Phi) is 4.32. The molecule has 1 amide bonds. The van der Waals surface area contributed by atoms with Crippen LogP contribution in [0.3, 0.4) is 0 Å². The van der Waals surface area contributed by atoms with Gasteiger partial charge in [0.2, 0.25) is 5.91 Å². The second kappa shape index (κ2) is 5.14. The summed E-state index contributed by atoms with van der Waals surface area (Å²) in [5.74, 6) is 0.372. The van der Waals surface area contributed by atoms with Crippen LogP contribution in [0.4, 0.5) is 0 Å². The molecular weight excluding hydrogens is 228 g/mol. The van der Waals surface area contributed by atoms with E-state index in [9.17, 15) is 13.2 Å². The van der Waals surface area contributed by atoms with E-state index in [0.717, 1.165) is 0 Å². The molecule has 6 heteroatoms. The van der Waals surface area contributed by atoms with Crippen molar-refractivity contribution in [2.75, 3.05) is 24.6 Å². The third-order valence-electron chi connectivity index (χ3n) is 2.70. The predicted octanol–water partition coefficient (Wildman–Crippen LogP) is -0.383. The number of rotatable bonds is 3. The average Bonchev–Trinajstić information content (AvgIpc) is 2.15. The first-order valence-corrected chi connectivity index (χ1v) is 7.39. The summed E-state index contributed by atoms with van der Waals surface area (Å²) in [7, 11) is -2.93. The van der Waals surface area contributed by atoms with Gasteiger partial charge >= 0.3 is 0 Å². The Morgan fingerprint density at radius 1 is 1.31 bits per heavy atom. The van der Waals surface area contributed by atoms with Crippen LogP contribution in [0.25, 0.3) is 0 Å². The number of amides is 1. The Hall–Kier alpha value is -0.620. The molecule has 0 saturated carbocycles. The minimum Gasteiger partial charge on any atom is -0.339 e. The van der Waals surface area contributed by atoms with Crippen molar-refractivity contribution in [1.29, 1.82) is 0 Å². The molecule has 5 nitrogen and oxygen atoms in total. The fourth-order valence-corrected chi connectivity index (χ4v) is 2.98. The number of hydrogen-bond acceptors (Lipinski definition) is 4. The van der Waals surface area contributed by atoms with Crippen LogP contribution in [0.1, 0.15) is 20.3 Å². The quantitative estimate of drug-likeness (QED) is 0.738. The second-order valence-corrected chi connectivity index (χ2v) is 7.02. The van der Waals surface area contributed by atoms with Crippen molar-refractivity contribution in [1.82, 2.24) is 4.90 Å². The summed E-state index contributed by atoms with van der Waals surface area (Å²) in [4.78, 5) is 13.4. The molecule has 0 aliphatic carbocycles. The Morgan fingerprint density at radius 2 is 1.81 bits per heavy atom. The number of carbonyl (C=O) groups excluding carboxylic acids is 1. The maximum absolute atomic E-state index is 11.9. The van der Waals surface area contributed by atoms with Crippen molar-refractivity contribution in [3.63, 3.8) is 0 Å². The van der Waals surface area contributed by atoms with E-state index in [1.54, 1.807) is 4.90 Å². The first-order chi connectivity index (χ1) is 7.32. The van der Waals surface area contributed by atoms with Gasteiger partial charge in [-0.2, -0.15) is 0 Å². The maximum Gasteiger partial charge on any atom is 0.239 e. The van der Waals surface area contributed by atoms with E-state index in [4.69, 9.17) is 5.73 Å². The molecule has 1 atom stereocenters. The van der Waals surface area contributed by atoms with Gasteiger partial charge in [0.25, 0.3) is 0 Å². The van der Waals surface area contributed by atoms with Crippen molar-refractivity contribution in [3.8, 4) is 0 Å². The molecule has 1 rings (SSSR count). The van der Waals surface area contributed by atoms with Crippen molar-refractivity contribution in [2.45, 2.75) is 26.3 Å². The summed E-state index contributed by atoms with van der Waals surface area (Å²) in [5.41, 5.74) is 5.78. The first-order valence-electron chi connectivity index (χ1n) is 5.56. The Labute approximate surface area is 96.9 Å². The van der Waals surface area contributed by atoms with E-state index in [-0.39, 0.29) is 30.5 Å². The summed E-state index contributed by atoms with van der Waals surface area (Å²) >= 11 is 0. The highest BCUT2D eigenvalue weighted by Gasteiger charge is 2.28. The zero-order valence-corrected chi connectivity index (χ0v) is 10.7. The molecule has 1 fully saturated rings. The number of nitrogens with two attached hydrogens (primary N) is 1. The number of hydrogen-bond donors (Lipinski definition) is 1. The highest BCUT2D eigenvalue weighted by atomic mass is 32.2. The van der Waals surface area contributed by atoms with Gasteiger partial charge in [-0.25, -0.2) is 8.42 Å². The summed E-state index contributed by atoms with van der Waals surface area (Å²) in [5, 5.41) is 0. The standard InChI is InChI=1S/C10H20N2O3S/c1-8(2)7-9(11)10(13)12-3-5-16(14,15)6-4-12/h8-9H,3-7,11H2,1-2H3/t9-/m0/s1. The van der Waals surface area contributed by atoms with Crippen LogP contribution in [0.15, 0.2) is 0 Å². The van der Waals surface area contributed by atoms with Crippen LogP contribution in [0, 0.1) is 5.92 Å². The molecule has 0 spiro atoms. The highest BCUT2D eigenvalue weighted by molar-refractivity contribution is 7.91. The molecule has 0 aromatic carbocycles. The van der Waals surface area contributed by atoms with Crippen molar-refractivity contribution < 1.29 is 13.2 Å². The fourth-order valence-electron chi connectivity index (χ4n) is 1.78. The van der Waals surface area contributed by atoms with Crippen LogP contribution < -0.4 is 5.73 Å². The number of sulfone groups is 1. The lowest BCUT2D eigenvalue weighted by atomic mass is 10.0. The molecule has 1 aliphatic rings. The zero-order chi connectivity index (χ0) is 12.3. The minimum absolute atomic E-state index is 0.0626. The van der Waals surface area contributed by atoms with Gasteiger partial charge in [-0.1, -0.05) is 13.8 Å². The van der Waals surface area contributed by atoms with Gasteiger partial charge in [-0.05, 0) is 12.3 Å². The molecular formula is C10H20N2O3S. The van der Waals surface area contributed by atoms with E-state index < -0.39 is 15.9 Å². The predicted molar refractivity (Wildman–Crippen MR) is 62.7 cm³/mol. The summed E-state index contributed by atoms with van der Waals surface area (Å²) in [6, 6.07) is -0.499. The maximum atomic E-state index is 11.9. The SMILES string of the molecule is CC(C)C[C@H](N)C(=O)N1CCS(=O)(=O)CC1. The summed E-state index contributed by atoms with van der Waals surface area (Å²) < 4.78 is 22.4. The van der Waals surface area contributed by atoms with E-state index in [2.05, 4.69) is 0 Å². The Morgan fingerprint density at radius 3 is 2.25 bits per heavy atom. The van der Waals surface area contributed by atoms with Crippen molar-refractivity contribution in [3.05, 3.63) is 0 Å². The third kappa shape index (κ3) is 3.75. The van der Waals surface area contributed by atoms with Gasteiger partial charge in [0.15, 0.2) is 9.84 Å². The summed E-state index contributed by atoms with van der Waals surface area (Å²) in [6.07, 6.45) is 0.641. The number of nitrogens with zero attached hydrogens (tertiary/aromatic N) is 1. The van der Waals surface area contributed by atoms with Crippen LogP contribution in [0.5, 0.6) is 0 Å². The Balaban J connectivity index is 2.50. The first kappa shape index (κ1) is 13.4. The molecule has 16 heavy (non-hydrogen) atoms. The zero-order valence-electron chi connectivity index (χ0n) is 9.85. The van der Waals surface area contributed by atoms with E-state index in [1.165, 1.54) is 0 Å². The lowest BCUT2D eigenvalue weighted by molar-refractivity contribution is -0.132. The normalized spacial score (nSPS) is 22.1. The average molecular weight is 248 g/mol. The van der Waals surface area contributed by atoms with Crippen molar-refractivity contribution >= 4 is 15.7 Å². The monoisotopic (exact) mass is 248 g/mol. The molecule has 0 radical (unpaired) electrons. The van der Waals surface area contributed by atoms with Crippen LogP contribution in [-0.4, -0.2) is 49.9 Å². The van der Waals surface area contributed by atoms with Gasteiger partial charge < -0.3 is 10.6 Å². The van der Waals surface area contributed by atoms with Gasteiger partial charge in [0.1, 0.15) is 0 Å². The highest BCUT2D eigenvalue weighted by Crippen LogP contribution is 2.09. The van der Waals surface area contributed by atoms with Gasteiger partial charge in [-0.3, -0.25) is 4.79 Å². The van der Waals surface area contributed by atoms with Gasteiger partial charge in [0.05, 0.1) is 17.5 Å². The largest absolute Gasteiger partial charge is 0.339 e. The molecule has 2 N–H and O–H groups in total. The topological polar surface area (TPSA) is 80.5 Å². The van der Waals surface area contributed by atoms with Crippen molar-refractivity contribution in [2.24, 2.45) is 11.7 Å². The van der Waals surface area contributed by atoms with Gasteiger partial charge in [0, 0.05) is 13.1 Å². The van der Waals surface area contributed by atoms with Crippen LogP contribution in [0.2, 0.25) is 0 Å². The smallest absolute Gasteiger partial charge is 0.239 e. The summed E-state index contributed by atoms with van der Waals surface area (Å²) in [6.45, 7) is 4.58. The minimum atomic E-state index is -2.93. The molecule has 0 aromatic rings. The fraction of sp³-hybridized carbons (Fsp3) is 0.900. The lowest BCUT2D eigenvalue weighted by Crippen LogP contribution is -2.50. The number of carbonyl (C=O) groups is 1. The van der Waals surface area contributed by atoms with E-state index >= 15 is 0 Å².